The summed E-state index contributed by atoms with van der Waals surface area (Å²) in [5.74, 6) is 0.470. The van der Waals surface area contributed by atoms with Crippen LogP contribution in [0.2, 0.25) is 0 Å². The zero-order chi connectivity index (χ0) is 14.2. The lowest BCUT2D eigenvalue weighted by atomic mass is 9.95. The van der Waals surface area contributed by atoms with Crippen molar-refractivity contribution in [2.24, 2.45) is 5.92 Å². The molecule has 0 saturated carbocycles. The van der Waals surface area contributed by atoms with Gasteiger partial charge in [-0.25, -0.2) is 5.11 Å². The van der Waals surface area contributed by atoms with Gasteiger partial charge in [-0.3, -0.25) is 0 Å². The molecule has 1 nitrogen and oxygen atoms in total. The van der Waals surface area contributed by atoms with Gasteiger partial charge in [0.2, 0.25) is 0 Å². The van der Waals surface area contributed by atoms with Gasteiger partial charge in [0.15, 0.2) is 0 Å². The van der Waals surface area contributed by atoms with Crippen molar-refractivity contribution < 1.29 is 5.11 Å². The van der Waals surface area contributed by atoms with Crippen molar-refractivity contribution in [2.75, 3.05) is 6.61 Å². The van der Waals surface area contributed by atoms with Crippen LogP contribution in [0.1, 0.15) is 104 Å². The lowest BCUT2D eigenvalue weighted by molar-refractivity contribution is 0.130. The SMILES string of the molecule is CCCCCCCCCC(C[O])CCCCCCC. The molecule has 0 aliphatic heterocycles. The van der Waals surface area contributed by atoms with Crippen LogP contribution < -0.4 is 0 Å². The fraction of sp³-hybridized carbons (Fsp3) is 1.00. The molecule has 0 heterocycles. The fourth-order valence-corrected chi connectivity index (χ4v) is 2.74. The number of hydrogen-bond donors (Lipinski definition) is 0. The number of unbranched alkanes of at least 4 members (excludes halogenated alkanes) is 10. The van der Waals surface area contributed by atoms with Gasteiger partial charge in [0.1, 0.15) is 0 Å². The van der Waals surface area contributed by atoms with Crippen molar-refractivity contribution in [3.8, 4) is 0 Å². The molecule has 19 heavy (non-hydrogen) atoms. The Bertz CT molecular complexity index is 156. The summed E-state index contributed by atoms with van der Waals surface area (Å²) in [4.78, 5) is 0. The molecule has 1 radical (unpaired) electrons. The van der Waals surface area contributed by atoms with Gasteiger partial charge in [-0.1, -0.05) is 90.9 Å². The molecule has 0 fully saturated rings. The summed E-state index contributed by atoms with van der Waals surface area (Å²) >= 11 is 0. The fourth-order valence-electron chi connectivity index (χ4n) is 2.74. The van der Waals surface area contributed by atoms with E-state index in [2.05, 4.69) is 13.8 Å². The Labute approximate surface area is 122 Å². The predicted molar refractivity (Wildman–Crippen MR) is 85.0 cm³/mol. The van der Waals surface area contributed by atoms with Gasteiger partial charge in [-0.15, -0.1) is 0 Å². The Kier molecular flexibility index (Phi) is 16.0. The Morgan fingerprint density at radius 1 is 0.579 bits per heavy atom. The minimum Gasteiger partial charge on any atom is -0.236 e. The van der Waals surface area contributed by atoms with Crippen molar-refractivity contribution in [2.45, 2.75) is 104 Å². The molecule has 0 spiro atoms. The Morgan fingerprint density at radius 3 is 1.32 bits per heavy atom. The van der Waals surface area contributed by atoms with Gasteiger partial charge in [-0.05, 0) is 18.8 Å². The molecule has 0 amide bonds. The molecule has 1 heteroatoms. The molecule has 0 bridgehead atoms. The summed E-state index contributed by atoms with van der Waals surface area (Å²) in [6, 6.07) is 0. The van der Waals surface area contributed by atoms with E-state index in [-0.39, 0.29) is 6.61 Å². The van der Waals surface area contributed by atoms with Crippen molar-refractivity contribution in [3.05, 3.63) is 0 Å². The molecule has 0 aromatic heterocycles. The van der Waals surface area contributed by atoms with Gasteiger partial charge in [0.25, 0.3) is 0 Å². The third-order valence-corrected chi connectivity index (χ3v) is 4.17. The zero-order valence-corrected chi connectivity index (χ0v) is 13.6. The van der Waals surface area contributed by atoms with Crippen molar-refractivity contribution >= 4 is 0 Å². The van der Waals surface area contributed by atoms with Crippen LogP contribution in [0, 0.1) is 5.92 Å². The van der Waals surface area contributed by atoms with Gasteiger partial charge >= 0.3 is 0 Å². The molecule has 0 aliphatic rings. The minimum atomic E-state index is 0.156. The standard InChI is InChI=1S/C18H37O/c1-3-5-7-9-10-12-14-16-18(17-19)15-13-11-8-6-4-2/h18H,3-17H2,1-2H3. The van der Waals surface area contributed by atoms with E-state index >= 15 is 0 Å². The van der Waals surface area contributed by atoms with Crippen LogP contribution in [0.25, 0.3) is 0 Å². The molecule has 0 rings (SSSR count). The Hall–Kier alpha value is -0.0400. The highest BCUT2D eigenvalue weighted by Gasteiger charge is 2.07. The van der Waals surface area contributed by atoms with Gasteiger partial charge in [0, 0.05) is 0 Å². The highest BCUT2D eigenvalue weighted by atomic mass is 16.3. The van der Waals surface area contributed by atoms with Crippen LogP contribution in [0.4, 0.5) is 0 Å². The maximum Gasteiger partial charge on any atom is 0.0850 e. The second kappa shape index (κ2) is 16.0. The molecule has 0 aromatic carbocycles. The van der Waals surface area contributed by atoms with E-state index in [1.165, 1.54) is 89.9 Å². The van der Waals surface area contributed by atoms with E-state index in [9.17, 15) is 5.11 Å². The molecule has 1 unspecified atom stereocenters. The summed E-state index contributed by atoms with van der Waals surface area (Å²) in [6.07, 6.45) is 18.5. The maximum atomic E-state index is 11.2. The first-order valence-electron chi connectivity index (χ1n) is 8.93. The predicted octanol–water partition coefficient (Wildman–Crippen LogP) is 6.53. The van der Waals surface area contributed by atoms with Crippen LogP contribution in [0.15, 0.2) is 0 Å². The van der Waals surface area contributed by atoms with Crippen LogP contribution >= 0.6 is 0 Å². The van der Waals surface area contributed by atoms with Crippen LogP contribution in [-0.4, -0.2) is 6.61 Å². The molecule has 1 atom stereocenters. The van der Waals surface area contributed by atoms with E-state index < -0.39 is 0 Å². The van der Waals surface area contributed by atoms with E-state index in [1.54, 1.807) is 0 Å². The molecule has 0 aromatic rings. The second-order valence-corrected chi connectivity index (χ2v) is 6.15. The lowest BCUT2D eigenvalue weighted by Gasteiger charge is -2.12. The monoisotopic (exact) mass is 269 g/mol. The summed E-state index contributed by atoms with van der Waals surface area (Å²) in [6.45, 7) is 4.67. The normalized spacial score (nSPS) is 12.8. The van der Waals surface area contributed by atoms with Crippen LogP contribution in [0.5, 0.6) is 0 Å². The maximum absolute atomic E-state index is 11.2. The minimum absolute atomic E-state index is 0.156. The summed E-state index contributed by atoms with van der Waals surface area (Å²) < 4.78 is 0. The quantitative estimate of drug-likeness (QED) is 0.301. The molecule has 0 saturated heterocycles. The molecule has 0 aliphatic carbocycles. The van der Waals surface area contributed by atoms with E-state index in [4.69, 9.17) is 0 Å². The number of rotatable bonds is 15. The summed E-state index contributed by atoms with van der Waals surface area (Å²) in [5, 5.41) is 11.2. The van der Waals surface area contributed by atoms with E-state index in [0.29, 0.717) is 5.92 Å². The average Bonchev–Trinajstić information content (AvgIpc) is 2.44. The van der Waals surface area contributed by atoms with E-state index in [0.717, 1.165) is 0 Å². The smallest absolute Gasteiger partial charge is 0.0850 e. The van der Waals surface area contributed by atoms with Gasteiger partial charge in [-0.2, -0.15) is 0 Å². The van der Waals surface area contributed by atoms with Crippen molar-refractivity contribution in [3.63, 3.8) is 0 Å². The van der Waals surface area contributed by atoms with Crippen molar-refractivity contribution in [1.82, 2.24) is 0 Å². The number of hydrogen-bond acceptors (Lipinski definition) is 0. The Balaban J connectivity index is 3.29. The summed E-state index contributed by atoms with van der Waals surface area (Å²) in [5.41, 5.74) is 0. The first-order chi connectivity index (χ1) is 9.35. The van der Waals surface area contributed by atoms with Gasteiger partial charge < -0.3 is 0 Å². The highest BCUT2D eigenvalue weighted by molar-refractivity contribution is 4.59. The molecular formula is C18H37O. The van der Waals surface area contributed by atoms with Crippen LogP contribution in [-0.2, 0) is 5.11 Å². The molecule has 115 valence electrons. The highest BCUT2D eigenvalue weighted by Crippen LogP contribution is 2.18. The molecule has 0 N–H and O–H groups in total. The first kappa shape index (κ1) is 19.0. The van der Waals surface area contributed by atoms with Crippen LogP contribution in [0.3, 0.4) is 0 Å². The average molecular weight is 269 g/mol. The van der Waals surface area contributed by atoms with Crippen molar-refractivity contribution in [1.29, 1.82) is 0 Å². The topological polar surface area (TPSA) is 19.9 Å². The van der Waals surface area contributed by atoms with Gasteiger partial charge in [0.05, 0.1) is 6.61 Å². The second-order valence-electron chi connectivity index (χ2n) is 6.15. The lowest BCUT2D eigenvalue weighted by Crippen LogP contribution is -2.05. The third-order valence-electron chi connectivity index (χ3n) is 4.17. The molecular weight excluding hydrogens is 232 g/mol. The zero-order valence-electron chi connectivity index (χ0n) is 13.6. The first-order valence-corrected chi connectivity index (χ1v) is 8.93. The van der Waals surface area contributed by atoms with E-state index in [1.807, 2.05) is 0 Å². The third kappa shape index (κ3) is 14.2. The summed E-state index contributed by atoms with van der Waals surface area (Å²) in [7, 11) is 0. The largest absolute Gasteiger partial charge is 0.236 e. The Morgan fingerprint density at radius 2 is 0.947 bits per heavy atom.